The summed E-state index contributed by atoms with van der Waals surface area (Å²) in [6, 6.07) is 3.88. The number of amides is 1. The molecule has 1 fully saturated rings. The molecular formula is C15H21N3O. The van der Waals surface area contributed by atoms with Crippen molar-refractivity contribution in [2.45, 2.75) is 39.0 Å². The lowest BCUT2D eigenvalue weighted by Crippen LogP contribution is -2.36. The number of hydrogen-bond donors (Lipinski definition) is 3. The van der Waals surface area contributed by atoms with E-state index in [1.165, 1.54) is 25.7 Å². The number of rotatable bonds is 4. The average molecular weight is 259 g/mol. The van der Waals surface area contributed by atoms with Crippen LogP contribution in [0.1, 0.15) is 38.2 Å². The lowest BCUT2D eigenvalue weighted by atomic mass is 9.67. The van der Waals surface area contributed by atoms with Crippen LogP contribution in [0.5, 0.6) is 0 Å². The number of carbonyl (C=O) groups is 1. The van der Waals surface area contributed by atoms with Gasteiger partial charge in [-0.3, -0.25) is 4.79 Å². The van der Waals surface area contributed by atoms with Crippen molar-refractivity contribution in [1.29, 1.82) is 0 Å². The van der Waals surface area contributed by atoms with E-state index in [4.69, 9.17) is 5.73 Å². The first-order valence-electron chi connectivity index (χ1n) is 7.08. The Kier molecular flexibility index (Phi) is 2.88. The maximum Gasteiger partial charge on any atom is 0.228 e. The van der Waals surface area contributed by atoms with Crippen LogP contribution in [0.2, 0.25) is 0 Å². The lowest BCUT2D eigenvalue weighted by Gasteiger charge is -2.41. The highest BCUT2D eigenvalue weighted by Gasteiger charge is 2.34. The quantitative estimate of drug-likeness (QED) is 0.728. The molecule has 0 unspecified atom stereocenters. The predicted molar refractivity (Wildman–Crippen MR) is 78.3 cm³/mol. The van der Waals surface area contributed by atoms with Gasteiger partial charge in [0.2, 0.25) is 5.91 Å². The molecule has 1 aliphatic heterocycles. The van der Waals surface area contributed by atoms with E-state index in [-0.39, 0.29) is 5.91 Å². The van der Waals surface area contributed by atoms with E-state index in [9.17, 15) is 4.79 Å². The minimum atomic E-state index is 0.0515. The number of carbonyl (C=O) groups excluding carboxylic acids is 1. The van der Waals surface area contributed by atoms with Crippen molar-refractivity contribution in [3.8, 4) is 0 Å². The van der Waals surface area contributed by atoms with Gasteiger partial charge in [-0.1, -0.05) is 13.3 Å². The first kappa shape index (κ1) is 12.3. The number of nitrogens with two attached hydrogens (primary N) is 1. The third-order valence-corrected chi connectivity index (χ3v) is 4.72. The molecule has 1 saturated carbocycles. The van der Waals surface area contributed by atoms with Gasteiger partial charge in [-0.05, 0) is 42.4 Å². The van der Waals surface area contributed by atoms with Crippen molar-refractivity contribution < 1.29 is 4.79 Å². The summed E-state index contributed by atoms with van der Waals surface area (Å²) in [4.78, 5) is 11.4. The molecule has 2 aliphatic rings. The zero-order chi connectivity index (χ0) is 13.5. The van der Waals surface area contributed by atoms with E-state index in [0.717, 1.165) is 29.2 Å². The van der Waals surface area contributed by atoms with Gasteiger partial charge in [0.1, 0.15) is 0 Å². The van der Waals surface area contributed by atoms with Gasteiger partial charge in [-0.15, -0.1) is 0 Å². The Balaban J connectivity index is 1.75. The number of hydrogen-bond acceptors (Lipinski definition) is 3. The molecule has 1 aliphatic carbocycles. The predicted octanol–water partition coefficient (Wildman–Crippen LogP) is 2.76. The first-order chi connectivity index (χ1) is 9.12. The van der Waals surface area contributed by atoms with E-state index < -0.39 is 0 Å². The molecule has 0 saturated heterocycles. The molecule has 19 heavy (non-hydrogen) atoms. The van der Waals surface area contributed by atoms with Crippen LogP contribution in [-0.2, 0) is 11.2 Å². The van der Waals surface area contributed by atoms with Gasteiger partial charge in [-0.2, -0.15) is 0 Å². The van der Waals surface area contributed by atoms with Crippen molar-refractivity contribution in [2.75, 3.05) is 22.9 Å². The summed E-state index contributed by atoms with van der Waals surface area (Å²) in [5.41, 5.74) is 10.1. The zero-order valence-electron chi connectivity index (χ0n) is 11.4. The van der Waals surface area contributed by atoms with Crippen LogP contribution in [0, 0.1) is 5.41 Å². The summed E-state index contributed by atoms with van der Waals surface area (Å²) in [7, 11) is 0. The average Bonchev–Trinajstić information content (AvgIpc) is 2.67. The highest BCUT2D eigenvalue weighted by Crippen LogP contribution is 2.44. The van der Waals surface area contributed by atoms with Crippen LogP contribution in [0.4, 0.5) is 17.1 Å². The summed E-state index contributed by atoms with van der Waals surface area (Å²) in [6.07, 6.45) is 5.60. The minimum Gasteiger partial charge on any atom is -0.397 e. The summed E-state index contributed by atoms with van der Waals surface area (Å²) in [5, 5.41) is 6.34. The standard InChI is InChI=1S/C15H21N3O/c1-2-15(4-3-5-15)9-17-13-8-12-10(6-11(13)16)7-14(19)18-12/h6,8,17H,2-5,7,9,16H2,1H3,(H,18,19). The molecule has 1 heterocycles. The second-order valence-corrected chi connectivity index (χ2v) is 5.88. The fourth-order valence-corrected chi connectivity index (χ4v) is 3.06. The second kappa shape index (κ2) is 4.44. The fraction of sp³-hybridized carbons (Fsp3) is 0.533. The molecule has 4 N–H and O–H groups in total. The van der Waals surface area contributed by atoms with Gasteiger partial charge in [0, 0.05) is 12.2 Å². The van der Waals surface area contributed by atoms with Gasteiger partial charge in [0.15, 0.2) is 0 Å². The summed E-state index contributed by atoms with van der Waals surface area (Å²) >= 11 is 0. The maximum absolute atomic E-state index is 11.4. The largest absolute Gasteiger partial charge is 0.397 e. The first-order valence-corrected chi connectivity index (χ1v) is 7.08. The van der Waals surface area contributed by atoms with Gasteiger partial charge in [-0.25, -0.2) is 0 Å². The topological polar surface area (TPSA) is 67.1 Å². The third kappa shape index (κ3) is 2.15. The van der Waals surface area contributed by atoms with Crippen LogP contribution < -0.4 is 16.4 Å². The molecule has 1 amide bonds. The number of nitrogens with one attached hydrogen (secondary N) is 2. The summed E-state index contributed by atoms with van der Waals surface area (Å²) in [5.74, 6) is 0.0515. The van der Waals surface area contributed by atoms with E-state index in [1.807, 2.05) is 12.1 Å². The zero-order valence-corrected chi connectivity index (χ0v) is 11.4. The lowest BCUT2D eigenvalue weighted by molar-refractivity contribution is -0.115. The fourth-order valence-electron chi connectivity index (χ4n) is 3.06. The molecule has 0 aromatic heterocycles. The Morgan fingerprint density at radius 1 is 1.42 bits per heavy atom. The maximum atomic E-state index is 11.4. The minimum absolute atomic E-state index is 0.0515. The van der Waals surface area contributed by atoms with Crippen LogP contribution >= 0.6 is 0 Å². The molecule has 3 rings (SSSR count). The summed E-state index contributed by atoms with van der Waals surface area (Å²) in [6.45, 7) is 3.23. The van der Waals surface area contributed by atoms with Crippen LogP contribution in [0.25, 0.3) is 0 Å². The van der Waals surface area contributed by atoms with Crippen molar-refractivity contribution in [2.24, 2.45) is 5.41 Å². The van der Waals surface area contributed by atoms with Crippen molar-refractivity contribution >= 4 is 23.0 Å². The van der Waals surface area contributed by atoms with Crippen LogP contribution in [0.15, 0.2) is 12.1 Å². The molecular weight excluding hydrogens is 238 g/mol. The SMILES string of the molecule is CCC1(CNc2cc3c(cc2N)CC(=O)N3)CCC1. The smallest absolute Gasteiger partial charge is 0.228 e. The Morgan fingerprint density at radius 3 is 2.84 bits per heavy atom. The van der Waals surface area contributed by atoms with Crippen molar-refractivity contribution in [1.82, 2.24) is 0 Å². The highest BCUT2D eigenvalue weighted by atomic mass is 16.1. The Morgan fingerprint density at radius 2 is 2.21 bits per heavy atom. The number of anilines is 3. The van der Waals surface area contributed by atoms with Crippen molar-refractivity contribution in [3.63, 3.8) is 0 Å². The summed E-state index contributed by atoms with van der Waals surface area (Å²) < 4.78 is 0. The third-order valence-electron chi connectivity index (χ3n) is 4.72. The van der Waals surface area contributed by atoms with Crippen LogP contribution in [0.3, 0.4) is 0 Å². The Labute approximate surface area is 113 Å². The molecule has 0 radical (unpaired) electrons. The Bertz CT molecular complexity index is 515. The molecule has 0 spiro atoms. The van der Waals surface area contributed by atoms with E-state index in [0.29, 0.717) is 11.8 Å². The monoisotopic (exact) mass is 259 g/mol. The van der Waals surface area contributed by atoms with E-state index in [1.54, 1.807) is 0 Å². The molecule has 1 aromatic rings. The van der Waals surface area contributed by atoms with E-state index >= 15 is 0 Å². The molecule has 4 heteroatoms. The molecule has 0 bridgehead atoms. The highest BCUT2D eigenvalue weighted by molar-refractivity contribution is 6.00. The van der Waals surface area contributed by atoms with Gasteiger partial charge in [0.05, 0.1) is 17.8 Å². The van der Waals surface area contributed by atoms with Gasteiger partial charge in [0.25, 0.3) is 0 Å². The second-order valence-electron chi connectivity index (χ2n) is 5.88. The number of benzene rings is 1. The number of nitrogen functional groups attached to an aromatic ring is 1. The normalized spacial score (nSPS) is 19.5. The Hall–Kier alpha value is -1.71. The van der Waals surface area contributed by atoms with Gasteiger partial charge < -0.3 is 16.4 Å². The van der Waals surface area contributed by atoms with Gasteiger partial charge >= 0.3 is 0 Å². The van der Waals surface area contributed by atoms with Crippen LogP contribution in [-0.4, -0.2) is 12.5 Å². The van der Waals surface area contributed by atoms with E-state index in [2.05, 4.69) is 17.6 Å². The van der Waals surface area contributed by atoms with Crippen molar-refractivity contribution in [3.05, 3.63) is 17.7 Å². The molecule has 1 aromatic carbocycles. The molecule has 0 atom stereocenters. The molecule has 4 nitrogen and oxygen atoms in total. The molecule has 102 valence electrons. The number of fused-ring (bicyclic) bond motifs is 1.